The average Bonchev–Trinajstić information content (AvgIpc) is 2.72. The predicted molar refractivity (Wildman–Crippen MR) is 58.9 cm³/mol. The third-order valence-electron chi connectivity index (χ3n) is 5.43. The van der Waals surface area contributed by atoms with Gasteiger partial charge in [0.1, 0.15) is 0 Å². The van der Waals surface area contributed by atoms with Gasteiger partial charge in [-0.2, -0.15) is 0 Å². The molecule has 0 aliphatic heterocycles. The van der Waals surface area contributed by atoms with Crippen molar-refractivity contribution in [1.82, 2.24) is 0 Å². The van der Waals surface area contributed by atoms with Crippen molar-refractivity contribution in [3.8, 4) is 0 Å². The summed E-state index contributed by atoms with van der Waals surface area (Å²) in [4.78, 5) is 0. The SMILES string of the molecule is NCC1(CC2CC3CCC2C3)CCC1. The van der Waals surface area contributed by atoms with E-state index in [2.05, 4.69) is 0 Å². The molecule has 0 spiro atoms. The molecule has 2 bridgehead atoms. The van der Waals surface area contributed by atoms with Crippen LogP contribution in [0.15, 0.2) is 0 Å². The quantitative estimate of drug-likeness (QED) is 0.732. The van der Waals surface area contributed by atoms with Crippen molar-refractivity contribution < 1.29 is 0 Å². The molecular formula is C13H23N. The smallest absolute Gasteiger partial charge is 0.00204 e. The Morgan fingerprint density at radius 2 is 2.00 bits per heavy atom. The molecule has 0 saturated heterocycles. The summed E-state index contributed by atoms with van der Waals surface area (Å²) in [5.41, 5.74) is 6.55. The van der Waals surface area contributed by atoms with Gasteiger partial charge >= 0.3 is 0 Å². The van der Waals surface area contributed by atoms with Crippen molar-refractivity contribution in [2.45, 2.75) is 51.4 Å². The molecule has 2 N–H and O–H groups in total. The highest BCUT2D eigenvalue weighted by Gasteiger charge is 2.45. The van der Waals surface area contributed by atoms with Gasteiger partial charge in [-0.15, -0.1) is 0 Å². The maximum Gasteiger partial charge on any atom is -0.00204 e. The maximum atomic E-state index is 5.95. The van der Waals surface area contributed by atoms with Gasteiger partial charge in [-0.3, -0.25) is 0 Å². The fourth-order valence-corrected chi connectivity index (χ4v) is 4.35. The van der Waals surface area contributed by atoms with Gasteiger partial charge in [0.2, 0.25) is 0 Å². The fourth-order valence-electron chi connectivity index (χ4n) is 4.35. The van der Waals surface area contributed by atoms with Crippen LogP contribution < -0.4 is 5.73 Å². The zero-order valence-electron chi connectivity index (χ0n) is 9.17. The van der Waals surface area contributed by atoms with E-state index in [-0.39, 0.29) is 0 Å². The number of rotatable bonds is 3. The summed E-state index contributed by atoms with van der Waals surface area (Å²) in [7, 11) is 0. The van der Waals surface area contributed by atoms with Crippen LogP contribution in [0.1, 0.15) is 51.4 Å². The van der Waals surface area contributed by atoms with E-state index in [0.29, 0.717) is 5.41 Å². The maximum absolute atomic E-state index is 5.95. The first-order valence-corrected chi connectivity index (χ1v) is 6.51. The molecular weight excluding hydrogens is 170 g/mol. The van der Waals surface area contributed by atoms with Crippen LogP contribution in [0, 0.1) is 23.2 Å². The van der Waals surface area contributed by atoms with Crippen molar-refractivity contribution in [3.05, 3.63) is 0 Å². The second kappa shape index (κ2) is 3.23. The lowest BCUT2D eigenvalue weighted by atomic mass is 9.62. The lowest BCUT2D eigenvalue weighted by molar-refractivity contribution is 0.0855. The van der Waals surface area contributed by atoms with Gasteiger partial charge in [0, 0.05) is 0 Å². The standard InChI is InChI=1S/C13H23N/c14-9-13(4-1-5-13)8-12-7-10-2-3-11(12)6-10/h10-12H,1-9,14H2. The molecule has 3 saturated carbocycles. The molecule has 3 aliphatic rings. The minimum atomic E-state index is 0.606. The number of nitrogens with two attached hydrogens (primary N) is 1. The topological polar surface area (TPSA) is 26.0 Å². The third kappa shape index (κ3) is 1.32. The molecule has 3 fully saturated rings. The molecule has 0 aromatic rings. The molecule has 3 rings (SSSR count). The Bertz CT molecular complexity index is 214. The van der Waals surface area contributed by atoms with Crippen LogP contribution in [0.25, 0.3) is 0 Å². The molecule has 3 unspecified atom stereocenters. The molecule has 80 valence electrons. The van der Waals surface area contributed by atoms with E-state index in [1.165, 1.54) is 38.5 Å². The first kappa shape index (κ1) is 9.21. The summed E-state index contributed by atoms with van der Waals surface area (Å²) in [5, 5.41) is 0. The minimum absolute atomic E-state index is 0.606. The van der Waals surface area contributed by atoms with E-state index in [1.54, 1.807) is 12.8 Å². The van der Waals surface area contributed by atoms with Crippen LogP contribution >= 0.6 is 0 Å². The minimum Gasteiger partial charge on any atom is -0.330 e. The first-order chi connectivity index (χ1) is 6.81. The Labute approximate surface area is 87.4 Å². The molecule has 0 heterocycles. The number of hydrogen-bond acceptors (Lipinski definition) is 1. The summed E-state index contributed by atoms with van der Waals surface area (Å²) < 4.78 is 0. The Kier molecular flexibility index (Phi) is 2.12. The average molecular weight is 193 g/mol. The largest absolute Gasteiger partial charge is 0.330 e. The van der Waals surface area contributed by atoms with Gasteiger partial charge in [-0.05, 0) is 68.2 Å². The van der Waals surface area contributed by atoms with E-state index in [4.69, 9.17) is 5.73 Å². The summed E-state index contributed by atoms with van der Waals surface area (Å²) in [6.07, 6.45) is 12.0. The van der Waals surface area contributed by atoms with Crippen LogP contribution in [0.3, 0.4) is 0 Å². The Morgan fingerprint density at radius 1 is 1.14 bits per heavy atom. The molecule has 1 heteroatoms. The highest BCUT2D eigenvalue weighted by molar-refractivity contribution is 4.97. The second-order valence-corrected chi connectivity index (χ2v) is 6.20. The molecule has 3 aliphatic carbocycles. The molecule has 0 aromatic carbocycles. The molecule has 1 nitrogen and oxygen atoms in total. The van der Waals surface area contributed by atoms with Crippen molar-refractivity contribution in [3.63, 3.8) is 0 Å². The van der Waals surface area contributed by atoms with Crippen molar-refractivity contribution in [2.24, 2.45) is 28.9 Å². The zero-order valence-corrected chi connectivity index (χ0v) is 9.17. The number of fused-ring (bicyclic) bond motifs is 2. The van der Waals surface area contributed by atoms with Gasteiger partial charge in [-0.25, -0.2) is 0 Å². The normalized spacial score (nSPS) is 43.9. The summed E-state index contributed by atoms with van der Waals surface area (Å²) in [6, 6.07) is 0. The molecule has 3 atom stereocenters. The van der Waals surface area contributed by atoms with Gasteiger partial charge in [0.15, 0.2) is 0 Å². The highest BCUT2D eigenvalue weighted by atomic mass is 14.6. The third-order valence-corrected chi connectivity index (χ3v) is 5.43. The molecule has 14 heavy (non-hydrogen) atoms. The van der Waals surface area contributed by atoms with E-state index in [0.717, 1.165) is 24.3 Å². The van der Waals surface area contributed by atoms with Crippen LogP contribution in [-0.2, 0) is 0 Å². The zero-order chi connectivity index (χ0) is 9.60. The summed E-state index contributed by atoms with van der Waals surface area (Å²) in [6.45, 7) is 0.959. The summed E-state index contributed by atoms with van der Waals surface area (Å²) in [5.74, 6) is 3.28. The van der Waals surface area contributed by atoms with Crippen LogP contribution in [0.5, 0.6) is 0 Å². The molecule has 0 amide bonds. The Morgan fingerprint density at radius 3 is 2.43 bits per heavy atom. The predicted octanol–water partition coefficient (Wildman–Crippen LogP) is 2.94. The van der Waals surface area contributed by atoms with E-state index in [9.17, 15) is 0 Å². The van der Waals surface area contributed by atoms with E-state index >= 15 is 0 Å². The lowest BCUT2D eigenvalue weighted by Crippen LogP contribution is -2.39. The van der Waals surface area contributed by atoms with Gasteiger partial charge in [0.25, 0.3) is 0 Å². The molecule has 0 radical (unpaired) electrons. The van der Waals surface area contributed by atoms with Gasteiger partial charge in [0.05, 0.1) is 0 Å². The fraction of sp³-hybridized carbons (Fsp3) is 1.00. The lowest BCUT2D eigenvalue weighted by Gasteiger charge is -2.44. The first-order valence-electron chi connectivity index (χ1n) is 6.51. The number of hydrogen-bond donors (Lipinski definition) is 1. The summed E-state index contributed by atoms with van der Waals surface area (Å²) >= 11 is 0. The van der Waals surface area contributed by atoms with Crippen LogP contribution in [-0.4, -0.2) is 6.54 Å². The molecule has 0 aromatic heterocycles. The van der Waals surface area contributed by atoms with E-state index < -0.39 is 0 Å². The van der Waals surface area contributed by atoms with Crippen LogP contribution in [0.4, 0.5) is 0 Å². The van der Waals surface area contributed by atoms with Crippen molar-refractivity contribution in [2.75, 3.05) is 6.54 Å². The van der Waals surface area contributed by atoms with Gasteiger partial charge < -0.3 is 5.73 Å². The highest BCUT2D eigenvalue weighted by Crippen LogP contribution is 2.55. The second-order valence-electron chi connectivity index (χ2n) is 6.20. The van der Waals surface area contributed by atoms with Crippen molar-refractivity contribution in [1.29, 1.82) is 0 Å². The Hall–Kier alpha value is -0.0400. The van der Waals surface area contributed by atoms with Gasteiger partial charge in [-0.1, -0.05) is 12.8 Å². The monoisotopic (exact) mass is 193 g/mol. The van der Waals surface area contributed by atoms with Crippen molar-refractivity contribution >= 4 is 0 Å². The van der Waals surface area contributed by atoms with Crippen LogP contribution in [0.2, 0.25) is 0 Å². The Balaban J connectivity index is 1.62. The van der Waals surface area contributed by atoms with E-state index in [1.807, 2.05) is 0 Å².